The molecule has 2 atom stereocenters. The molecule has 0 bridgehead atoms. The summed E-state index contributed by atoms with van der Waals surface area (Å²) in [5.74, 6) is 0.841. The van der Waals surface area contributed by atoms with Crippen LogP contribution in [0.25, 0.3) is 0 Å². The van der Waals surface area contributed by atoms with Crippen molar-refractivity contribution in [2.75, 3.05) is 14.2 Å². The molecule has 3 rings (SSSR count). The standard InChI is InChI=1S/C19H21N5O5/c1-28-17-7-6-12(8-18(17)29-2)11-20-23-19(25)16-10-15(21-22-16)13-4-3-5-14(9-13)24(26)27/h3-9,11,15-16,21-22H,10H2,1-2H3,(H,23,25)/b20-11+. The number of methoxy groups -OCH3 is 2. The third-order valence-electron chi connectivity index (χ3n) is 4.50. The van der Waals surface area contributed by atoms with Gasteiger partial charge in [-0.3, -0.25) is 14.9 Å². The van der Waals surface area contributed by atoms with Gasteiger partial charge in [0.15, 0.2) is 11.5 Å². The summed E-state index contributed by atoms with van der Waals surface area (Å²) in [6, 6.07) is 10.8. The van der Waals surface area contributed by atoms with Crippen LogP contribution in [0.1, 0.15) is 23.6 Å². The van der Waals surface area contributed by atoms with E-state index in [1.54, 1.807) is 37.4 Å². The van der Waals surface area contributed by atoms with E-state index in [1.165, 1.54) is 25.5 Å². The minimum absolute atomic E-state index is 0.0109. The largest absolute Gasteiger partial charge is 0.493 e. The van der Waals surface area contributed by atoms with E-state index in [4.69, 9.17) is 9.47 Å². The van der Waals surface area contributed by atoms with Gasteiger partial charge in [-0.15, -0.1) is 0 Å². The van der Waals surface area contributed by atoms with Crippen molar-refractivity contribution in [3.8, 4) is 11.5 Å². The van der Waals surface area contributed by atoms with E-state index in [-0.39, 0.29) is 17.6 Å². The van der Waals surface area contributed by atoms with Crippen molar-refractivity contribution in [3.05, 3.63) is 63.7 Å². The van der Waals surface area contributed by atoms with Gasteiger partial charge in [0.05, 0.1) is 25.4 Å². The van der Waals surface area contributed by atoms with E-state index in [0.29, 0.717) is 17.9 Å². The number of rotatable bonds is 7. The highest BCUT2D eigenvalue weighted by molar-refractivity contribution is 5.85. The van der Waals surface area contributed by atoms with Gasteiger partial charge in [-0.25, -0.2) is 16.3 Å². The first kappa shape index (κ1) is 20.2. The zero-order valence-corrected chi connectivity index (χ0v) is 15.9. The number of carbonyl (C=O) groups is 1. The van der Waals surface area contributed by atoms with Gasteiger partial charge in [0.25, 0.3) is 11.6 Å². The first-order chi connectivity index (χ1) is 14.0. The molecule has 0 aliphatic carbocycles. The number of nitrogens with one attached hydrogen (secondary N) is 3. The lowest BCUT2D eigenvalue weighted by molar-refractivity contribution is -0.384. The monoisotopic (exact) mass is 399 g/mol. The highest BCUT2D eigenvalue weighted by Gasteiger charge is 2.30. The second-order valence-electron chi connectivity index (χ2n) is 6.33. The van der Waals surface area contributed by atoms with E-state index < -0.39 is 11.0 Å². The fourth-order valence-corrected chi connectivity index (χ4v) is 2.98. The number of ether oxygens (including phenoxy) is 2. The minimum atomic E-state index is -0.526. The zero-order valence-electron chi connectivity index (χ0n) is 15.9. The Bertz CT molecular complexity index is 933. The average Bonchev–Trinajstić information content (AvgIpc) is 3.24. The van der Waals surface area contributed by atoms with Crippen LogP contribution in [0.15, 0.2) is 47.6 Å². The van der Waals surface area contributed by atoms with Crippen molar-refractivity contribution in [1.29, 1.82) is 0 Å². The number of hydrazone groups is 1. The highest BCUT2D eigenvalue weighted by Crippen LogP contribution is 2.27. The van der Waals surface area contributed by atoms with Crippen molar-refractivity contribution in [2.45, 2.75) is 18.5 Å². The van der Waals surface area contributed by atoms with Crippen LogP contribution in [0.2, 0.25) is 0 Å². The molecule has 2 aromatic carbocycles. The number of nitro benzene ring substituents is 1. The van der Waals surface area contributed by atoms with Crippen LogP contribution >= 0.6 is 0 Å². The van der Waals surface area contributed by atoms with Crippen molar-refractivity contribution in [1.82, 2.24) is 16.3 Å². The topological polar surface area (TPSA) is 127 Å². The Morgan fingerprint density at radius 1 is 1.21 bits per heavy atom. The molecule has 29 heavy (non-hydrogen) atoms. The van der Waals surface area contributed by atoms with Crippen LogP contribution in [0.5, 0.6) is 11.5 Å². The van der Waals surface area contributed by atoms with Crippen LogP contribution in [-0.2, 0) is 4.79 Å². The number of non-ortho nitro benzene ring substituents is 1. The number of amides is 1. The van der Waals surface area contributed by atoms with E-state index in [0.717, 1.165) is 11.1 Å². The van der Waals surface area contributed by atoms with Crippen molar-refractivity contribution in [3.63, 3.8) is 0 Å². The highest BCUT2D eigenvalue weighted by atomic mass is 16.6. The van der Waals surface area contributed by atoms with Crippen LogP contribution in [-0.4, -0.2) is 37.3 Å². The second-order valence-corrected chi connectivity index (χ2v) is 6.33. The Balaban J connectivity index is 1.57. The van der Waals surface area contributed by atoms with E-state index >= 15 is 0 Å². The average molecular weight is 399 g/mol. The molecule has 0 radical (unpaired) electrons. The lowest BCUT2D eigenvalue weighted by Crippen LogP contribution is -2.41. The van der Waals surface area contributed by atoms with E-state index in [2.05, 4.69) is 21.4 Å². The van der Waals surface area contributed by atoms with Gasteiger partial charge < -0.3 is 9.47 Å². The molecular weight excluding hydrogens is 378 g/mol. The molecule has 0 aromatic heterocycles. The van der Waals surface area contributed by atoms with Crippen molar-refractivity contribution < 1.29 is 19.2 Å². The molecule has 1 fully saturated rings. The summed E-state index contributed by atoms with van der Waals surface area (Å²) in [6.45, 7) is 0. The first-order valence-electron chi connectivity index (χ1n) is 8.82. The van der Waals surface area contributed by atoms with Gasteiger partial charge in [0.1, 0.15) is 6.04 Å². The fourth-order valence-electron chi connectivity index (χ4n) is 2.98. The van der Waals surface area contributed by atoms with Gasteiger partial charge >= 0.3 is 0 Å². The molecule has 1 amide bonds. The van der Waals surface area contributed by atoms with Crippen LogP contribution < -0.4 is 25.8 Å². The number of benzene rings is 2. The molecule has 2 unspecified atom stereocenters. The quantitative estimate of drug-likeness (QED) is 0.367. The summed E-state index contributed by atoms with van der Waals surface area (Å²) in [6.07, 6.45) is 1.93. The predicted molar refractivity (Wildman–Crippen MR) is 106 cm³/mol. The Morgan fingerprint density at radius 2 is 2.00 bits per heavy atom. The number of hydrogen-bond acceptors (Lipinski definition) is 8. The molecule has 1 aliphatic heterocycles. The maximum absolute atomic E-state index is 12.3. The summed E-state index contributed by atoms with van der Waals surface area (Å²) in [5.41, 5.74) is 9.85. The number of carbonyl (C=O) groups excluding carboxylic acids is 1. The molecule has 1 saturated heterocycles. The third-order valence-corrected chi connectivity index (χ3v) is 4.50. The lowest BCUT2D eigenvalue weighted by Gasteiger charge is -2.09. The molecule has 0 spiro atoms. The number of hydrazine groups is 1. The first-order valence-corrected chi connectivity index (χ1v) is 8.82. The smallest absolute Gasteiger partial charge is 0.269 e. The third kappa shape index (κ3) is 4.86. The Labute approximate surface area is 167 Å². The summed E-state index contributed by atoms with van der Waals surface area (Å²) in [5, 5.41) is 14.9. The SMILES string of the molecule is COc1ccc(/C=N/NC(=O)C2CC(c3cccc([N+](=O)[O-])c3)NN2)cc1OC. The van der Waals surface area contributed by atoms with Crippen LogP contribution in [0.3, 0.4) is 0 Å². The number of nitro groups is 1. The van der Waals surface area contributed by atoms with E-state index in [9.17, 15) is 14.9 Å². The summed E-state index contributed by atoms with van der Waals surface area (Å²) < 4.78 is 10.4. The maximum atomic E-state index is 12.3. The molecular formula is C19H21N5O5. The van der Waals surface area contributed by atoms with Gasteiger partial charge in [0, 0.05) is 18.2 Å². The Kier molecular flexibility index (Phi) is 6.37. The molecule has 3 N–H and O–H groups in total. The summed E-state index contributed by atoms with van der Waals surface area (Å²) in [7, 11) is 3.09. The van der Waals surface area contributed by atoms with Crippen LogP contribution in [0.4, 0.5) is 5.69 Å². The van der Waals surface area contributed by atoms with Gasteiger partial charge in [0.2, 0.25) is 0 Å². The van der Waals surface area contributed by atoms with Gasteiger partial charge in [-0.05, 0) is 35.7 Å². The molecule has 10 heteroatoms. The normalized spacial score (nSPS) is 18.6. The molecule has 2 aromatic rings. The molecule has 1 heterocycles. The molecule has 10 nitrogen and oxygen atoms in total. The predicted octanol–water partition coefficient (Wildman–Crippen LogP) is 1.67. The van der Waals surface area contributed by atoms with Gasteiger partial charge in [-0.2, -0.15) is 5.10 Å². The lowest BCUT2D eigenvalue weighted by atomic mass is 10.0. The Hall–Kier alpha value is -3.50. The van der Waals surface area contributed by atoms with E-state index in [1.807, 2.05) is 0 Å². The summed E-state index contributed by atoms with van der Waals surface area (Å²) >= 11 is 0. The van der Waals surface area contributed by atoms with Crippen molar-refractivity contribution in [2.24, 2.45) is 5.10 Å². The molecule has 1 aliphatic rings. The van der Waals surface area contributed by atoms with Crippen molar-refractivity contribution >= 4 is 17.8 Å². The second kappa shape index (κ2) is 9.13. The number of hydrogen-bond donors (Lipinski definition) is 3. The molecule has 0 saturated carbocycles. The minimum Gasteiger partial charge on any atom is -0.493 e. The zero-order chi connectivity index (χ0) is 20.8. The summed E-state index contributed by atoms with van der Waals surface area (Å²) in [4.78, 5) is 22.8. The van der Waals surface area contributed by atoms with Crippen LogP contribution in [0, 0.1) is 10.1 Å². The number of nitrogens with zero attached hydrogens (tertiary/aromatic N) is 2. The Morgan fingerprint density at radius 3 is 2.72 bits per heavy atom. The molecule has 152 valence electrons. The van der Waals surface area contributed by atoms with Gasteiger partial charge in [-0.1, -0.05) is 12.1 Å². The maximum Gasteiger partial charge on any atom is 0.269 e. The fraction of sp³-hybridized carbons (Fsp3) is 0.263.